The summed E-state index contributed by atoms with van der Waals surface area (Å²) in [5.41, 5.74) is 3.42. The zero-order valence-corrected chi connectivity index (χ0v) is 27.4. The van der Waals surface area contributed by atoms with Gasteiger partial charge in [0.25, 0.3) is 5.56 Å². The van der Waals surface area contributed by atoms with Crippen LogP contribution in [-0.2, 0) is 11.1 Å². The molecule has 1 aromatic heterocycles. The molecule has 4 aromatic rings. The Morgan fingerprint density at radius 2 is 1.30 bits per heavy atom. The van der Waals surface area contributed by atoms with Gasteiger partial charge in [0.05, 0.1) is 21.3 Å². The molecule has 0 amide bonds. The smallest absolute Gasteiger partial charge is 0.251 e. The van der Waals surface area contributed by atoms with Gasteiger partial charge in [-0.25, -0.2) is 4.98 Å². The maximum absolute atomic E-state index is 11.4. The summed E-state index contributed by atoms with van der Waals surface area (Å²) in [5, 5.41) is 3.42. The van der Waals surface area contributed by atoms with E-state index in [0.717, 1.165) is 49.3 Å². The van der Waals surface area contributed by atoms with Crippen LogP contribution in [0.2, 0.25) is 15.1 Å². The Bertz CT molecular complexity index is 1450. The third-order valence-electron chi connectivity index (χ3n) is 5.36. The predicted molar refractivity (Wildman–Crippen MR) is 171 cm³/mol. The minimum Gasteiger partial charge on any atom is -0.496 e. The van der Waals surface area contributed by atoms with Crippen LogP contribution in [0.4, 0.5) is 0 Å². The highest BCUT2D eigenvalue weighted by atomic mass is 79.9. The fraction of sp³-hybridized carbons (Fsp3) is 0.241. The lowest BCUT2D eigenvalue weighted by atomic mass is 10.2. The molecule has 0 bridgehead atoms. The number of aromatic amines is 1. The molecule has 0 aliphatic carbocycles. The first kappa shape index (κ1) is 33.8. The largest absolute Gasteiger partial charge is 0.496 e. The van der Waals surface area contributed by atoms with Gasteiger partial charge in [-0.15, -0.1) is 0 Å². The molecule has 0 saturated carbocycles. The summed E-state index contributed by atoms with van der Waals surface area (Å²) in [6, 6.07) is 18.2. The summed E-state index contributed by atoms with van der Waals surface area (Å²) in [5.74, 6) is 2.98. The molecule has 4 rings (SSSR count). The standard InChI is InChI=1S/C13H13ClN2O2S.C8H8BrClO.C8H9ClO/c1-8-6-12(17)16-13(15-8)19-7-9-10(14)4-3-5-11(9)18-2;1-11-8-4-2-3-7(10)6(8)5-9;1-6-7(9)4-3-5-8(6)10-2/h3-6H,7H2,1-2H3,(H,15,16,17);2-4H,5H2,1H3;3-5H,1-2H3. The number of nitrogens with one attached hydrogen (secondary N) is 1. The number of hydrogen-bond acceptors (Lipinski definition) is 6. The van der Waals surface area contributed by atoms with Crippen LogP contribution < -0.4 is 19.8 Å². The number of alkyl halides is 1. The third-order valence-corrected chi connectivity index (χ3v) is 7.94. The fourth-order valence-corrected chi connectivity index (χ4v) is 5.71. The van der Waals surface area contributed by atoms with E-state index in [0.29, 0.717) is 21.6 Å². The lowest BCUT2D eigenvalue weighted by Crippen LogP contribution is -2.08. The quantitative estimate of drug-likeness (QED) is 0.119. The van der Waals surface area contributed by atoms with E-state index in [1.54, 1.807) is 28.3 Å². The van der Waals surface area contributed by atoms with Crippen LogP contribution in [0, 0.1) is 13.8 Å². The zero-order valence-electron chi connectivity index (χ0n) is 22.7. The second-order valence-corrected chi connectivity index (χ2v) is 10.8. The van der Waals surface area contributed by atoms with Gasteiger partial charge in [-0.1, -0.05) is 80.7 Å². The number of aromatic nitrogens is 2. The number of methoxy groups -OCH3 is 3. The van der Waals surface area contributed by atoms with Crippen LogP contribution in [0.15, 0.2) is 70.6 Å². The van der Waals surface area contributed by atoms with Gasteiger partial charge in [-0.05, 0) is 50.2 Å². The van der Waals surface area contributed by atoms with E-state index in [4.69, 9.17) is 49.0 Å². The molecule has 1 heterocycles. The fourth-order valence-electron chi connectivity index (χ4n) is 3.30. The van der Waals surface area contributed by atoms with Gasteiger partial charge in [0.15, 0.2) is 5.16 Å². The molecule has 0 aliphatic rings. The highest BCUT2D eigenvalue weighted by Gasteiger charge is 2.09. The minimum absolute atomic E-state index is 0.152. The first-order valence-corrected chi connectivity index (χ1v) is 15.1. The second kappa shape index (κ2) is 17.5. The highest BCUT2D eigenvalue weighted by molar-refractivity contribution is 9.08. The minimum atomic E-state index is -0.152. The normalized spacial score (nSPS) is 10.0. The van der Waals surface area contributed by atoms with Gasteiger partial charge in [0.1, 0.15) is 17.2 Å². The molecule has 0 unspecified atom stereocenters. The monoisotopic (exact) mass is 686 g/mol. The lowest BCUT2D eigenvalue weighted by molar-refractivity contribution is 0.411. The molecular formula is C29H30BrCl3N2O4S. The molecule has 11 heteroatoms. The van der Waals surface area contributed by atoms with Crippen LogP contribution in [0.25, 0.3) is 0 Å². The van der Waals surface area contributed by atoms with Crippen molar-refractivity contribution >= 4 is 62.5 Å². The molecule has 40 heavy (non-hydrogen) atoms. The van der Waals surface area contributed by atoms with Gasteiger partial charge in [-0.3, -0.25) is 4.79 Å². The van der Waals surface area contributed by atoms with Crippen LogP contribution in [0.1, 0.15) is 22.4 Å². The number of thioether (sulfide) groups is 1. The van der Waals surface area contributed by atoms with Gasteiger partial charge < -0.3 is 19.2 Å². The van der Waals surface area contributed by atoms with Crippen molar-refractivity contribution in [2.75, 3.05) is 21.3 Å². The van der Waals surface area contributed by atoms with E-state index in [2.05, 4.69) is 25.9 Å². The number of hydrogen-bond donors (Lipinski definition) is 1. The van der Waals surface area contributed by atoms with E-state index >= 15 is 0 Å². The van der Waals surface area contributed by atoms with Gasteiger partial charge >= 0.3 is 0 Å². The van der Waals surface area contributed by atoms with E-state index in [-0.39, 0.29) is 5.56 Å². The summed E-state index contributed by atoms with van der Waals surface area (Å²) < 4.78 is 15.4. The van der Waals surface area contributed by atoms with E-state index in [9.17, 15) is 4.79 Å². The maximum atomic E-state index is 11.4. The average molecular weight is 689 g/mol. The molecule has 0 atom stereocenters. The number of ether oxygens (including phenoxy) is 3. The molecule has 1 N–H and O–H groups in total. The maximum Gasteiger partial charge on any atom is 0.251 e. The van der Waals surface area contributed by atoms with E-state index < -0.39 is 0 Å². The van der Waals surface area contributed by atoms with Crippen molar-refractivity contribution < 1.29 is 14.2 Å². The predicted octanol–water partition coefficient (Wildman–Crippen LogP) is 8.93. The van der Waals surface area contributed by atoms with Crippen molar-refractivity contribution in [2.45, 2.75) is 30.1 Å². The molecule has 0 saturated heterocycles. The van der Waals surface area contributed by atoms with Crippen LogP contribution in [-0.4, -0.2) is 31.3 Å². The Labute approximate surface area is 262 Å². The number of nitrogens with zero attached hydrogens (tertiary/aromatic N) is 1. The molecule has 0 radical (unpaired) electrons. The van der Waals surface area contributed by atoms with Gasteiger partial charge in [0.2, 0.25) is 0 Å². The van der Waals surface area contributed by atoms with Crippen molar-refractivity contribution in [3.63, 3.8) is 0 Å². The summed E-state index contributed by atoms with van der Waals surface area (Å²) >= 11 is 22.6. The Kier molecular flexibility index (Phi) is 14.8. The molecule has 0 spiro atoms. The molecular weight excluding hydrogens is 659 g/mol. The van der Waals surface area contributed by atoms with Crippen molar-refractivity contribution in [3.8, 4) is 17.2 Å². The van der Waals surface area contributed by atoms with Crippen LogP contribution in [0.5, 0.6) is 17.2 Å². The molecule has 214 valence electrons. The summed E-state index contributed by atoms with van der Waals surface area (Å²) in [6.45, 7) is 3.72. The number of H-pyrrole nitrogens is 1. The molecule has 6 nitrogen and oxygen atoms in total. The van der Waals surface area contributed by atoms with Crippen LogP contribution >= 0.6 is 62.5 Å². The topological polar surface area (TPSA) is 73.4 Å². The van der Waals surface area contributed by atoms with Crippen molar-refractivity contribution in [1.82, 2.24) is 9.97 Å². The Hall–Kier alpha value is -2.36. The van der Waals surface area contributed by atoms with Crippen molar-refractivity contribution in [2.24, 2.45) is 0 Å². The number of benzene rings is 3. The summed E-state index contributed by atoms with van der Waals surface area (Å²) in [6.07, 6.45) is 0. The first-order chi connectivity index (χ1) is 19.1. The first-order valence-electron chi connectivity index (χ1n) is 11.8. The Morgan fingerprint density at radius 3 is 1.77 bits per heavy atom. The molecule has 0 fully saturated rings. The summed E-state index contributed by atoms with van der Waals surface area (Å²) in [4.78, 5) is 18.3. The van der Waals surface area contributed by atoms with E-state index in [1.807, 2.05) is 61.5 Å². The number of aryl methyl sites for hydroxylation is 1. The third kappa shape index (κ3) is 10.2. The second-order valence-electron chi connectivity index (χ2n) is 8.02. The zero-order chi connectivity index (χ0) is 29.7. The highest BCUT2D eigenvalue weighted by Crippen LogP contribution is 2.32. The molecule has 0 aliphatic heterocycles. The number of halogens is 4. The number of rotatable bonds is 7. The van der Waals surface area contributed by atoms with E-state index in [1.165, 1.54) is 17.8 Å². The summed E-state index contributed by atoms with van der Waals surface area (Å²) in [7, 11) is 4.88. The SMILES string of the molecule is COc1cccc(Cl)c1C.COc1cccc(Cl)c1CBr.COc1cccc(Cl)c1CSc1nc(C)cc(=O)[nH]1. The Morgan fingerprint density at radius 1 is 0.800 bits per heavy atom. The van der Waals surface area contributed by atoms with Crippen molar-refractivity contribution in [1.29, 1.82) is 0 Å². The van der Waals surface area contributed by atoms with Crippen molar-refractivity contribution in [3.05, 3.63) is 108 Å². The lowest BCUT2D eigenvalue weighted by Gasteiger charge is -2.09. The average Bonchev–Trinajstić information content (AvgIpc) is 2.93. The van der Waals surface area contributed by atoms with Gasteiger partial charge in [0, 0.05) is 54.6 Å². The molecule has 3 aromatic carbocycles. The van der Waals surface area contributed by atoms with Gasteiger partial charge in [-0.2, -0.15) is 0 Å². The Balaban J connectivity index is 0.000000228. The van der Waals surface area contributed by atoms with Crippen LogP contribution in [0.3, 0.4) is 0 Å².